The number of aliphatic hydroxyl groups is 10. The van der Waals surface area contributed by atoms with Gasteiger partial charge in [-0.2, -0.15) is 0 Å². The molecule has 1 saturated carbocycles. The largest absolute Gasteiger partial charge is 0.472 e. The molecule has 2 aliphatic rings. The molecule has 18 nitrogen and oxygen atoms in total. The number of hydrogen-bond acceptors (Lipinski definition) is 16. The highest BCUT2D eigenvalue weighted by atomic mass is 31.2. The van der Waals surface area contributed by atoms with Crippen molar-refractivity contribution in [1.29, 1.82) is 0 Å². The quantitative estimate of drug-likeness (QED) is 0.0266. The molecule has 0 aromatic rings. The number of phosphoric acid groups is 1. The van der Waals surface area contributed by atoms with Gasteiger partial charge in [0, 0.05) is 6.42 Å². The van der Waals surface area contributed by atoms with Crippen LogP contribution in [0, 0.1) is 0 Å². The van der Waals surface area contributed by atoms with Gasteiger partial charge >= 0.3 is 7.82 Å². The Morgan fingerprint density at radius 1 is 0.551 bits per heavy atom. The minimum absolute atomic E-state index is 0.0906. The topological polar surface area (TPSA) is 306 Å². The van der Waals surface area contributed by atoms with Crippen molar-refractivity contribution in [2.24, 2.45) is 0 Å². The summed E-state index contributed by atoms with van der Waals surface area (Å²) in [4.78, 5) is 24.1. The van der Waals surface area contributed by atoms with Gasteiger partial charge in [0.1, 0.15) is 67.1 Å². The van der Waals surface area contributed by atoms with E-state index < -0.39 is 113 Å². The number of unbranched alkanes of at least 4 members (excludes halogenated alkanes) is 27. The summed E-state index contributed by atoms with van der Waals surface area (Å²) in [7, 11) is -5.41. The van der Waals surface area contributed by atoms with E-state index >= 15 is 0 Å². The van der Waals surface area contributed by atoms with Crippen LogP contribution in [0.15, 0.2) is 0 Å². The highest BCUT2D eigenvalue weighted by Gasteiger charge is 2.55. The highest BCUT2D eigenvalue weighted by molar-refractivity contribution is 7.47. The van der Waals surface area contributed by atoms with Gasteiger partial charge < -0.3 is 70.7 Å². The van der Waals surface area contributed by atoms with Gasteiger partial charge in [0.2, 0.25) is 5.91 Å². The molecule has 7 unspecified atom stereocenters. The van der Waals surface area contributed by atoms with Crippen molar-refractivity contribution < 1.29 is 83.8 Å². The van der Waals surface area contributed by atoms with Crippen LogP contribution in [0.2, 0.25) is 0 Å². The molecule has 2 fully saturated rings. The number of aliphatic hydroxyl groups excluding tert-OH is 10. The van der Waals surface area contributed by atoms with Crippen molar-refractivity contribution in [1.82, 2.24) is 5.32 Å². The van der Waals surface area contributed by atoms with Crippen molar-refractivity contribution in [3.05, 3.63) is 0 Å². The van der Waals surface area contributed by atoms with E-state index in [2.05, 4.69) is 19.2 Å². The maximum absolute atomic E-state index is 13.5. The number of ether oxygens (including phenoxy) is 2. The predicted molar refractivity (Wildman–Crippen MR) is 262 cm³/mol. The van der Waals surface area contributed by atoms with Gasteiger partial charge in [0.25, 0.3) is 0 Å². The molecule has 1 heterocycles. The third kappa shape index (κ3) is 25.7. The molecular weight excluding hydrogens is 918 g/mol. The number of amides is 1. The molecule has 0 bridgehead atoms. The average Bonchev–Trinajstić information content (AvgIpc) is 3.33. The zero-order valence-electron chi connectivity index (χ0n) is 42.2. The van der Waals surface area contributed by atoms with E-state index in [0.29, 0.717) is 12.8 Å². The van der Waals surface area contributed by atoms with Crippen LogP contribution in [-0.2, 0) is 27.9 Å². The number of nitrogens with one attached hydrogen (secondary N) is 1. The predicted octanol–water partition coefficient (Wildman–Crippen LogP) is 5.47. The SMILES string of the molecule is CCCCCCCCCCCCCCCCCCCC(=O)N[C@@H](COP(=O)(O)O[C@H]1C(O)C(O)C(O)[C@@H](O)C1O[C@H]1O[C@H](CO)[C@@H](O)C(O)C1O)[C@H](O)[C@H](O)CCCCCCCCCCCCCC. The molecule has 410 valence electrons. The molecule has 69 heavy (non-hydrogen) atoms. The lowest BCUT2D eigenvalue weighted by Gasteiger charge is -2.47. The van der Waals surface area contributed by atoms with Crippen molar-refractivity contribution in [3.63, 3.8) is 0 Å². The first-order valence-electron chi connectivity index (χ1n) is 27.1. The Balaban J connectivity index is 1.96. The zero-order valence-corrected chi connectivity index (χ0v) is 43.1. The molecule has 0 radical (unpaired) electrons. The van der Waals surface area contributed by atoms with Crippen LogP contribution in [0.1, 0.15) is 213 Å². The summed E-state index contributed by atoms with van der Waals surface area (Å²) in [5, 5.41) is 108. The first-order valence-corrected chi connectivity index (χ1v) is 28.6. The van der Waals surface area contributed by atoms with E-state index in [1.165, 1.54) is 122 Å². The van der Waals surface area contributed by atoms with E-state index in [1.54, 1.807) is 0 Å². The lowest BCUT2D eigenvalue weighted by Crippen LogP contribution is -2.67. The van der Waals surface area contributed by atoms with Crippen LogP contribution in [0.3, 0.4) is 0 Å². The maximum Gasteiger partial charge on any atom is 0.472 e. The molecule has 0 aromatic carbocycles. The zero-order chi connectivity index (χ0) is 51.0. The maximum atomic E-state index is 13.5. The number of carbonyl (C=O) groups is 1. The van der Waals surface area contributed by atoms with Crippen LogP contribution in [0.25, 0.3) is 0 Å². The summed E-state index contributed by atoms with van der Waals surface area (Å²) in [6.07, 6.45) is 8.61. The Morgan fingerprint density at radius 3 is 1.38 bits per heavy atom. The van der Waals surface area contributed by atoms with Crippen LogP contribution in [0.5, 0.6) is 0 Å². The fourth-order valence-corrected chi connectivity index (χ4v) is 10.3. The van der Waals surface area contributed by atoms with Crippen LogP contribution < -0.4 is 5.32 Å². The van der Waals surface area contributed by atoms with Crippen molar-refractivity contribution in [3.8, 4) is 0 Å². The number of carbonyl (C=O) groups excluding carboxylic acids is 1. The van der Waals surface area contributed by atoms with Crippen molar-refractivity contribution >= 4 is 13.7 Å². The number of hydrogen-bond donors (Lipinski definition) is 12. The van der Waals surface area contributed by atoms with Gasteiger partial charge in [-0.15, -0.1) is 0 Å². The minimum atomic E-state index is -5.41. The summed E-state index contributed by atoms with van der Waals surface area (Å²) in [5.74, 6) is -0.481. The van der Waals surface area contributed by atoms with Gasteiger partial charge in [-0.25, -0.2) is 4.57 Å². The molecule has 19 heteroatoms. The molecule has 1 saturated heterocycles. The standard InChI is InChI=1S/C50H98NO17P/c1-3-5-7-9-11-13-15-17-18-19-20-21-23-25-27-29-31-33-39(54)51-36(40(55)37(53)32-30-28-26-24-22-16-14-12-10-8-6-4-2)35-65-69(63,64)68-49-46(61)44(59)43(58)45(60)48(49)67-50-47(62)42(57)41(56)38(34-52)66-50/h36-38,40-50,52-53,55-62H,3-35H2,1-2H3,(H,51,54)(H,63,64)/t36-,37+,38+,40-,41+,42?,43?,44?,45+,46?,47?,48?,49-,50+/m0/s1. The first-order chi connectivity index (χ1) is 33.1. The molecule has 0 aromatic heterocycles. The van der Waals surface area contributed by atoms with E-state index in [0.717, 1.165) is 51.4 Å². The van der Waals surface area contributed by atoms with Crippen LogP contribution >= 0.6 is 7.82 Å². The summed E-state index contributed by atoms with van der Waals surface area (Å²) in [6, 6.07) is -1.41. The lowest BCUT2D eigenvalue weighted by molar-refractivity contribution is -0.338. The van der Waals surface area contributed by atoms with Gasteiger partial charge in [-0.3, -0.25) is 13.8 Å². The Hall–Kier alpha value is -0.900. The Labute approximate surface area is 413 Å². The second-order valence-corrected chi connectivity index (χ2v) is 21.3. The summed E-state index contributed by atoms with van der Waals surface area (Å²) >= 11 is 0. The average molecular weight is 1020 g/mol. The van der Waals surface area contributed by atoms with Crippen LogP contribution in [0.4, 0.5) is 0 Å². The van der Waals surface area contributed by atoms with Crippen molar-refractivity contribution in [2.45, 2.75) is 298 Å². The monoisotopic (exact) mass is 1020 g/mol. The normalized spacial score (nSPS) is 28.6. The number of rotatable bonds is 42. The molecule has 0 spiro atoms. The van der Waals surface area contributed by atoms with Gasteiger partial charge in [0.05, 0.1) is 25.4 Å². The van der Waals surface area contributed by atoms with Gasteiger partial charge in [-0.05, 0) is 12.8 Å². The highest BCUT2D eigenvalue weighted by Crippen LogP contribution is 2.48. The Morgan fingerprint density at radius 2 is 0.942 bits per heavy atom. The third-order valence-corrected chi connectivity index (χ3v) is 14.9. The Kier molecular flexibility index (Phi) is 35.2. The first kappa shape index (κ1) is 64.2. The summed E-state index contributed by atoms with van der Waals surface area (Å²) < 4.78 is 34.8. The Bertz CT molecular complexity index is 1320. The second-order valence-electron chi connectivity index (χ2n) is 19.9. The molecule has 1 aliphatic heterocycles. The fraction of sp³-hybridized carbons (Fsp3) is 0.980. The smallest absolute Gasteiger partial charge is 0.394 e. The van der Waals surface area contributed by atoms with Gasteiger partial charge in [0.15, 0.2) is 6.29 Å². The fourth-order valence-electron chi connectivity index (χ4n) is 9.30. The van der Waals surface area contributed by atoms with E-state index in [-0.39, 0.29) is 12.8 Å². The number of phosphoric ester groups is 1. The molecule has 1 amide bonds. The third-order valence-electron chi connectivity index (χ3n) is 13.9. The lowest BCUT2D eigenvalue weighted by atomic mass is 9.84. The molecule has 2 rings (SSSR count). The van der Waals surface area contributed by atoms with Gasteiger partial charge in [-0.1, -0.05) is 194 Å². The van der Waals surface area contributed by atoms with E-state index in [9.17, 15) is 65.3 Å². The van der Waals surface area contributed by atoms with E-state index in [4.69, 9.17) is 18.5 Å². The second kappa shape index (κ2) is 37.8. The van der Waals surface area contributed by atoms with Crippen molar-refractivity contribution in [2.75, 3.05) is 13.2 Å². The van der Waals surface area contributed by atoms with Crippen LogP contribution in [-0.4, -0.2) is 161 Å². The van der Waals surface area contributed by atoms with E-state index in [1.807, 2.05) is 0 Å². The molecular formula is C50H98NO17P. The molecule has 1 aliphatic carbocycles. The summed E-state index contributed by atoms with van der Waals surface area (Å²) in [5.41, 5.74) is 0. The molecule has 15 atom stereocenters. The summed E-state index contributed by atoms with van der Waals surface area (Å²) in [6.45, 7) is 2.73. The minimum Gasteiger partial charge on any atom is -0.394 e. The molecule has 12 N–H and O–H groups in total.